The van der Waals surface area contributed by atoms with Crippen molar-refractivity contribution >= 4 is 11.6 Å². The Morgan fingerprint density at radius 1 is 1.00 bits per heavy atom. The fraction of sp³-hybridized carbons (Fsp3) is 0.0714. The molecule has 5 nitrogen and oxygen atoms in total. The third kappa shape index (κ3) is 3.64. The molecule has 0 saturated heterocycles. The van der Waals surface area contributed by atoms with Crippen LogP contribution >= 0.6 is 0 Å². The molecule has 0 unspecified atom stereocenters. The third-order valence-corrected chi connectivity index (χ3v) is 2.55. The van der Waals surface area contributed by atoms with Gasteiger partial charge in [-0.2, -0.15) is 0 Å². The van der Waals surface area contributed by atoms with E-state index in [2.05, 4.69) is 5.32 Å². The van der Waals surface area contributed by atoms with Gasteiger partial charge < -0.3 is 5.32 Å². The van der Waals surface area contributed by atoms with E-state index in [9.17, 15) is 14.9 Å². The Morgan fingerprint density at radius 3 is 2.16 bits per heavy atom. The first-order valence-corrected chi connectivity index (χ1v) is 5.72. The molecule has 1 N–H and O–H groups in total. The van der Waals surface area contributed by atoms with Crippen LogP contribution in [0.2, 0.25) is 0 Å². The number of anilines is 1. The van der Waals surface area contributed by atoms with Gasteiger partial charge in [0.15, 0.2) is 0 Å². The van der Waals surface area contributed by atoms with Crippen molar-refractivity contribution < 1.29 is 9.72 Å². The van der Waals surface area contributed by atoms with Crippen LogP contribution in [0.15, 0.2) is 54.6 Å². The lowest BCUT2D eigenvalue weighted by molar-refractivity contribution is -0.467. The van der Waals surface area contributed by atoms with Crippen LogP contribution in [-0.4, -0.2) is 17.4 Å². The second-order valence-electron chi connectivity index (χ2n) is 3.98. The predicted octanol–water partition coefficient (Wildman–Crippen LogP) is 2.57. The largest absolute Gasteiger partial charge is 0.320 e. The highest BCUT2D eigenvalue weighted by Gasteiger charge is 2.09. The average Bonchev–Trinajstić information content (AvgIpc) is 2.39. The monoisotopic (exact) mass is 256 g/mol. The molecule has 0 aliphatic carbocycles. The van der Waals surface area contributed by atoms with Crippen LogP contribution in [0.3, 0.4) is 0 Å². The molecule has 19 heavy (non-hydrogen) atoms. The van der Waals surface area contributed by atoms with E-state index in [4.69, 9.17) is 0 Å². The maximum Gasteiger partial charge on any atom is 0.296 e. The molecule has 2 aromatic carbocycles. The van der Waals surface area contributed by atoms with E-state index >= 15 is 0 Å². The fourth-order valence-electron chi connectivity index (χ4n) is 1.69. The van der Waals surface area contributed by atoms with Gasteiger partial charge in [-0.25, -0.2) is 0 Å². The zero-order valence-electron chi connectivity index (χ0n) is 10.1. The van der Waals surface area contributed by atoms with Crippen LogP contribution in [-0.2, 0) is 4.79 Å². The van der Waals surface area contributed by atoms with Crippen molar-refractivity contribution in [1.29, 1.82) is 0 Å². The lowest BCUT2D eigenvalue weighted by Gasteiger charge is -2.05. The molecule has 2 rings (SSSR count). The maximum atomic E-state index is 11.2. The van der Waals surface area contributed by atoms with Crippen LogP contribution < -0.4 is 5.32 Å². The van der Waals surface area contributed by atoms with Gasteiger partial charge in [0.05, 0.1) is 0 Å². The van der Waals surface area contributed by atoms with E-state index < -0.39 is 17.4 Å². The number of hydrogen-bond donors (Lipinski definition) is 1. The molecular formula is C14H12N2O3. The van der Waals surface area contributed by atoms with Gasteiger partial charge in [0.1, 0.15) is 0 Å². The molecule has 96 valence electrons. The maximum absolute atomic E-state index is 11.2. The van der Waals surface area contributed by atoms with Gasteiger partial charge in [-0.3, -0.25) is 14.9 Å². The molecule has 0 heterocycles. The molecule has 0 fully saturated rings. The minimum atomic E-state index is -0.722. The van der Waals surface area contributed by atoms with Crippen LogP contribution in [0.1, 0.15) is 0 Å². The zero-order valence-corrected chi connectivity index (χ0v) is 10.1. The number of carbonyl (C=O) groups excluding carboxylic acids is 1. The van der Waals surface area contributed by atoms with E-state index in [0.29, 0.717) is 5.69 Å². The molecule has 0 saturated carbocycles. The first-order valence-electron chi connectivity index (χ1n) is 5.72. The summed E-state index contributed by atoms with van der Waals surface area (Å²) in [4.78, 5) is 20.7. The Bertz CT molecular complexity index is 579. The van der Waals surface area contributed by atoms with Crippen LogP contribution in [0.4, 0.5) is 5.69 Å². The van der Waals surface area contributed by atoms with Gasteiger partial charge >= 0.3 is 0 Å². The Balaban J connectivity index is 2.07. The van der Waals surface area contributed by atoms with Crippen LogP contribution in [0, 0.1) is 10.1 Å². The lowest BCUT2D eigenvalue weighted by atomic mass is 10.1. The highest BCUT2D eigenvalue weighted by atomic mass is 16.6. The second kappa shape index (κ2) is 5.77. The fourth-order valence-corrected chi connectivity index (χ4v) is 1.69. The Kier molecular flexibility index (Phi) is 3.87. The Morgan fingerprint density at radius 2 is 1.58 bits per heavy atom. The quantitative estimate of drug-likeness (QED) is 0.675. The van der Waals surface area contributed by atoms with Gasteiger partial charge in [0.2, 0.25) is 0 Å². The number of nitro groups is 1. The van der Waals surface area contributed by atoms with Crippen molar-refractivity contribution in [2.24, 2.45) is 0 Å². The summed E-state index contributed by atoms with van der Waals surface area (Å²) in [5, 5.41) is 12.7. The van der Waals surface area contributed by atoms with Gasteiger partial charge in [-0.1, -0.05) is 42.5 Å². The van der Waals surface area contributed by atoms with E-state index in [1.165, 1.54) is 0 Å². The number of amides is 1. The minimum absolute atomic E-state index is 0.548. The van der Waals surface area contributed by atoms with Crippen molar-refractivity contribution in [2.45, 2.75) is 0 Å². The first-order chi connectivity index (χ1) is 9.15. The summed E-state index contributed by atoms with van der Waals surface area (Å²) >= 11 is 0. The molecule has 1 amide bonds. The summed E-state index contributed by atoms with van der Waals surface area (Å²) in [6.45, 7) is -0.722. The molecule has 0 bridgehead atoms. The van der Waals surface area contributed by atoms with Crippen molar-refractivity contribution in [3.8, 4) is 11.1 Å². The number of rotatable bonds is 4. The summed E-state index contributed by atoms with van der Waals surface area (Å²) in [5.41, 5.74) is 2.64. The molecule has 0 aromatic heterocycles. The van der Waals surface area contributed by atoms with Crippen LogP contribution in [0.5, 0.6) is 0 Å². The highest BCUT2D eigenvalue weighted by Crippen LogP contribution is 2.20. The summed E-state index contributed by atoms with van der Waals surface area (Å²) < 4.78 is 0. The number of hydrogen-bond acceptors (Lipinski definition) is 3. The molecular weight excluding hydrogens is 244 g/mol. The van der Waals surface area contributed by atoms with Crippen molar-refractivity contribution in [1.82, 2.24) is 0 Å². The standard InChI is InChI=1S/C14H12N2O3/c17-14(10-16(18)19)15-13-8-6-12(7-9-13)11-4-2-1-3-5-11/h1-9H,10H2,(H,15,17). The number of nitrogens with zero attached hydrogens (tertiary/aromatic N) is 1. The molecule has 0 atom stereocenters. The molecule has 5 heteroatoms. The smallest absolute Gasteiger partial charge is 0.296 e. The number of nitrogens with one attached hydrogen (secondary N) is 1. The minimum Gasteiger partial charge on any atom is -0.320 e. The lowest BCUT2D eigenvalue weighted by Crippen LogP contribution is -2.21. The summed E-state index contributed by atoms with van der Waals surface area (Å²) in [6.07, 6.45) is 0. The van der Waals surface area contributed by atoms with Gasteiger partial charge in [0.25, 0.3) is 12.5 Å². The Hall–Kier alpha value is -2.69. The van der Waals surface area contributed by atoms with E-state index in [1.54, 1.807) is 12.1 Å². The topological polar surface area (TPSA) is 72.2 Å². The van der Waals surface area contributed by atoms with Crippen LogP contribution in [0.25, 0.3) is 11.1 Å². The van der Waals surface area contributed by atoms with Gasteiger partial charge in [-0.05, 0) is 23.3 Å². The normalized spacial score (nSPS) is 9.89. The van der Waals surface area contributed by atoms with Crippen molar-refractivity contribution in [3.63, 3.8) is 0 Å². The molecule has 0 aliphatic heterocycles. The van der Waals surface area contributed by atoms with Gasteiger partial charge in [-0.15, -0.1) is 0 Å². The summed E-state index contributed by atoms with van der Waals surface area (Å²) in [7, 11) is 0. The number of benzene rings is 2. The zero-order chi connectivity index (χ0) is 13.7. The SMILES string of the molecule is O=C(C[N+](=O)[O-])Nc1ccc(-c2ccccc2)cc1. The first kappa shape index (κ1) is 12.8. The third-order valence-electron chi connectivity index (χ3n) is 2.55. The molecule has 0 radical (unpaired) electrons. The van der Waals surface area contributed by atoms with Gasteiger partial charge in [0, 0.05) is 10.6 Å². The highest BCUT2D eigenvalue weighted by molar-refractivity contribution is 5.91. The molecule has 0 aliphatic rings. The second-order valence-corrected chi connectivity index (χ2v) is 3.98. The predicted molar refractivity (Wildman–Crippen MR) is 72.4 cm³/mol. The number of carbonyl (C=O) groups is 1. The summed E-state index contributed by atoms with van der Waals surface area (Å²) in [5.74, 6) is -0.627. The molecule has 0 spiro atoms. The van der Waals surface area contributed by atoms with Crippen molar-refractivity contribution in [2.75, 3.05) is 11.9 Å². The van der Waals surface area contributed by atoms with E-state index in [1.807, 2.05) is 42.5 Å². The van der Waals surface area contributed by atoms with Crippen molar-refractivity contribution in [3.05, 3.63) is 64.7 Å². The molecule has 2 aromatic rings. The van der Waals surface area contributed by atoms with E-state index in [-0.39, 0.29) is 0 Å². The Labute approximate surface area is 110 Å². The summed E-state index contributed by atoms with van der Waals surface area (Å²) in [6, 6.07) is 17.0. The average molecular weight is 256 g/mol. The van der Waals surface area contributed by atoms with E-state index in [0.717, 1.165) is 11.1 Å².